The zero-order valence-electron chi connectivity index (χ0n) is 15.6. The third-order valence-corrected chi connectivity index (χ3v) is 5.00. The van der Waals surface area contributed by atoms with E-state index in [2.05, 4.69) is 5.32 Å². The second kappa shape index (κ2) is 10.1. The Bertz CT molecular complexity index is 866. The number of Topliss-reactive ketones (excluding diaryl/α,β-unsaturated/α-hetero) is 1. The van der Waals surface area contributed by atoms with Crippen LogP contribution in [0.4, 0.5) is 5.69 Å². The van der Waals surface area contributed by atoms with Gasteiger partial charge in [-0.3, -0.25) is 14.4 Å². The number of carbonyl (C=O) groups excluding carboxylic acids is 3. The highest BCUT2D eigenvalue weighted by atomic mass is 35.5. The molecule has 0 aliphatic carbocycles. The summed E-state index contributed by atoms with van der Waals surface area (Å²) in [5.41, 5.74) is 0.468. The van der Waals surface area contributed by atoms with Crippen LogP contribution in [0.5, 0.6) is 11.5 Å². The van der Waals surface area contributed by atoms with E-state index < -0.39 is 18.0 Å². The molecule has 9 heteroatoms. The lowest BCUT2D eigenvalue weighted by molar-refractivity contribution is -0.153. The van der Waals surface area contributed by atoms with Gasteiger partial charge in [0.2, 0.25) is 0 Å². The van der Waals surface area contributed by atoms with Crippen LogP contribution in [0.1, 0.15) is 29.4 Å². The highest BCUT2D eigenvalue weighted by molar-refractivity contribution is 7.18. The Morgan fingerprint density at radius 1 is 1.07 bits per heavy atom. The van der Waals surface area contributed by atoms with E-state index in [4.69, 9.17) is 25.8 Å². The minimum Gasteiger partial charge on any atom is -0.493 e. The van der Waals surface area contributed by atoms with Gasteiger partial charge in [0.1, 0.15) is 0 Å². The molecule has 0 bridgehead atoms. The summed E-state index contributed by atoms with van der Waals surface area (Å²) in [6.45, 7) is 1.45. The first-order valence-electron chi connectivity index (χ1n) is 8.35. The predicted octanol–water partition coefficient (Wildman–Crippen LogP) is 3.95. The average Bonchev–Trinajstić information content (AvgIpc) is 3.12. The van der Waals surface area contributed by atoms with E-state index in [9.17, 15) is 14.4 Å². The molecule has 0 saturated heterocycles. The van der Waals surface area contributed by atoms with Gasteiger partial charge in [-0.15, -0.1) is 11.3 Å². The number of benzene rings is 1. The third-order valence-electron chi connectivity index (χ3n) is 3.73. The van der Waals surface area contributed by atoms with Crippen LogP contribution in [0.15, 0.2) is 30.3 Å². The number of hydrogen-bond donors (Lipinski definition) is 1. The van der Waals surface area contributed by atoms with Crippen molar-refractivity contribution in [1.29, 1.82) is 0 Å². The number of nitrogens with one attached hydrogen (secondary N) is 1. The zero-order chi connectivity index (χ0) is 20.7. The number of halogens is 1. The lowest BCUT2D eigenvalue weighted by Gasteiger charge is -2.14. The first kappa shape index (κ1) is 21.7. The fourth-order valence-corrected chi connectivity index (χ4v) is 3.28. The van der Waals surface area contributed by atoms with Crippen LogP contribution in [0, 0.1) is 0 Å². The van der Waals surface area contributed by atoms with Crippen LogP contribution in [0.25, 0.3) is 0 Å². The molecule has 2 aromatic rings. The Morgan fingerprint density at radius 2 is 1.79 bits per heavy atom. The number of amides is 1. The van der Waals surface area contributed by atoms with Crippen molar-refractivity contribution in [3.8, 4) is 11.5 Å². The van der Waals surface area contributed by atoms with Gasteiger partial charge < -0.3 is 19.5 Å². The van der Waals surface area contributed by atoms with Crippen LogP contribution in [-0.2, 0) is 14.3 Å². The number of carbonyl (C=O) groups is 3. The Morgan fingerprint density at radius 3 is 2.39 bits per heavy atom. The number of ether oxygens (including phenoxy) is 3. The normalized spacial score (nSPS) is 11.4. The SMILES string of the molecule is COc1ccc(NC(=O)C(C)OC(=O)CCC(=O)c2ccc(Cl)s2)cc1OC. The van der Waals surface area contributed by atoms with Gasteiger partial charge in [0.05, 0.1) is 29.9 Å². The molecule has 1 atom stereocenters. The molecule has 0 radical (unpaired) electrons. The van der Waals surface area contributed by atoms with Crippen LogP contribution in [-0.4, -0.2) is 38.0 Å². The maximum atomic E-state index is 12.2. The fraction of sp³-hybridized carbons (Fsp3) is 0.316. The molecule has 150 valence electrons. The Labute approximate surface area is 171 Å². The van der Waals surface area contributed by atoms with E-state index in [1.54, 1.807) is 30.3 Å². The minimum atomic E-state index is -1.02. The molecule has 7 nitrogen and oxygen atoms in total. The van der Waals surface area contributed by atoms with Crippen molar-refractivity contribution in [2.45, 2.75) is 25.9 Å². The number of hydrogen-bond acceptors (Lipinski definition) is 7. The van der Waals surface area contributed by atoms with Crippen molar-refractivity contribution in [2.24, 2.45) is 0 Å². The van der Waals surface area contributed by atoms with Crippen molar-refractivity contribution in [3.63, 3.8) is 0 Å². The van der Waals surface area contributed by atoms with E-state index in [0.29, 0.717) is 26.4 Å². The molecule has 1 aromatic carbocycles. The summed E-state index contributed by atoms with van der Waals surface area (Å²) >= 11 is 6.94. The Balaban J connectivity index is 1.84. The molecule has 0 fully saturated rings. The molecule has 0 aliphatic heterocycles. The van der Waals surface area contributed by atoms with E-state index in [1.165, 1.54) is 21.1 Å². The smallest absolute Gasteiger partial charge is 0.307 e. The van der Waals surface area contributed by atoms with Crippen molar-refractivity contribution >= 4 is 46.3 Å². The van der Waals surface area contributed by atoms with Crippen LogP contribution >= 0.6 is 22.9 Å². The summed E-state index contributed by atoms with van der Waals surface area (Å²) in [4.78, 5) is 36.6. The summed E-state index contributed by atoms with van der Waals surface area (Å²) in [6.07, 6.45) is -1.16. The van der Waals surface area contributed by atoms with Crippen molar-refractivity contribution in [1.82, 2.24) is 0 Å². The minimum absolute atomic E-state index is 0.0142. The van der Waals surface area contributed by atoms with E-state index in [1.807, 2.05) is 0 Å². The predicted molar refractivity (Wildman–Crippen MR) is 107 cm³/mol. The van der Waals surface area contributed by atoms with Gasteiger partial charge in [-0.2, -0.15) is 0 Å². The quantitative estimate of drug-likeness (QED) is 0.483. The Hall–Kier alpha value is -2.58. The van der Waals surface area contributed by atoms with Gasteiger partial charge in [0, 0.05) is 18.2 Å². The number of thiophene rings is 1. The lowest BCUT2D eigenvalue weighted by Crippen LogP contribution is -2.30. The van der Waals surface area contributed by atoms with Gasteiger partial charge in [-0.1, -0.05) is 11.6 Å². The van der Waals surface area contributed by atoms with E-state index >= 15 is 0 Å². The van der Waals surface area contributed by atoms with Crippen molar-refractivity contribution < 1.29 is 28.6 Å². The van der Waals surface area contributed by atoms with Crippen molar-refractivity contribution in [2.75, 3.05) is 19.5 Å². The third kappa shape index (κ3) is 5.97. The lowest BCUT2D eigenvalue weighted by atomic mass is 10.2. The topological polar surface area (TPSA) is 90.9 Å². The van der Waals surface area contributed by atoms with Gasteiger partial charge in [0.15, 0.2) is 23.4 Å². The molecule has 1 N–H and O–H groups in total. The Kier molecular flexibility index (Phi) is 7.83. The number of ketones is 1. The number of rotatable bonds is 9. The van der Waals surface area contributed by atoms with E-state index in [0.717, 1.165) is 11.3 Å². The number of methoxy groups -OCH3 is 2. The second-order valence-corrected chi connectivity index (χ2v) is 7.43. The number of esters is 1. The fourth-order valence-electron chi connectivity index (χ4n) is 2.27. The van der Waals surface area contributed by atoms with Gasteiger partial charge in [-0.05, 0) is 31.2 Å². The standard InChI is InChI=1S/C19H20ClNO6S/c1-11(19(24)21-12-4-6-14(25-2)15(10-12)26-3)27-18(23)9-5-13(22)16-7-8-17(20)28-16/h4,6-8,10-11H,5,9H2,1-3H3,(H,21,24). The monoisotopic (exact) mass is 425 g/mol. The molecule has 0 aliphatic rings. The molecule has 1 heterocycles. The average molecular weight is 426 g/mol. The first-order chi connectivity index (χ1) is 13.3. The van der Waals surface area contributed by atoms with E-state index in [-0.39, 0.29) is 18.6 Å². The maximum absolute atomic E-state index is 12.2. The summed E-state index contributed by atoms with van der Waals surface area (Å²) in [5, 5.41) is 2.63. The van der Waals surface area contributed by atoms with Gasteiger partial charge in [0.25, 0.3) is 5.91 Å². The molecule has 0 spiro atoms. The molecule has 0 saturated carbocycles. The van der Waals surface area contributed by atoms with Crippen LogP contribution in [0.2, 0.25) is 4.34 Å². The van der Waals surface area contributed by atoms with Gasteiger partial charge in [-0.25, -0.2) is 0 Å². The largest absolute Gasteiger partial charge is 0.493 e. The summed E-state index contributed by atoms with van der Waals surface area (Å²) in [5.74, 6) is -0.354. The highest BCUT2D eigenvalue weighted by Crippen LogP contribution is 2.29. The number of anilines is 1. The maximum Gasteiger partial charge on any atom is 0.307 e. The second-order valence-electron chi connectivity index (χ2n) is 5.72. The highest BCUT2D eigenvalue weighted by Gasteiger charge is 2.20. The molecule has 28 heavy (non-hydrogen) atoms. The van der Waals surface area contributed by atoms with Crippen LogP contribution < -0.4 is 14.8 Å². The van der Waals surface area contributed by atoms with Crippen molar-refractivity contribution in [3.05, 3.63) is 39.5 Å². The molecule has 1 amide bonds. The first-order valence-corrected chi connectivity index (χ1v) is 9.54. The summed E-state index contributed by atoms with van der Waals surface area (Å²) < 4.78 is 15.9. The van der Waals surface area contributed by atoms with Crippen LogP contribution in [0.3, 0.4) is 0 Å². The zero-order valence-corrected chi connectivity index (χ0v) is 17.2. The van der Waals surface area contributed by atoms with Gasteiger partial charge >= 0.3 is 5.97 Å². The summed E-state index contributed by atoms with van der Waals surface area (Å²) in [7, 11) is 2.99. The molecular weight excluding hydrogens is 406 g/mol. The summed E-state index contributed by atoms with van der Waals surface area (Å²) in [6, 6.07) is 8.11. The molecule has 1 aromatic heterocycles. The molecular formula is C19H20ClNO6S. The molecule has 1 unspecified atom stereocenters. The molecule has 2 rings (SSSR count).